The van der Waals surface area contributed by atoms with Gasteiger partial charge < -0.3 is 14.9 Å². The van der Waals surface area contributed by atoms with E-state index in [1.807, 2.05) is 42.5 Å². The zero-order valence-corrected chi connectivity index (χ0v) is 16.2. The largest absolute Gasteiger partial charge is 0.493 e. The summed E-state index contributed by atoms with van der Waals surface area (Å²) in [5, 5.41) is 0.873. The molecular weight excluding hydrogens is 366 g/mol. The molecule has 2 N–H and O–H groups in total. The summed E-state index contributed by atoms with van der Waals surface area (Å²) in [4.78, 5) is 20.4. The van der Waals surface area contributed by atoms with Crippen LogP contribution < -0.4 is 10.5 Å². The quantitative estimate of drug-likeness (QED) is 0.391. The van der Waals surface area contributed by atoms with Crippen molar-refractivity contribution in [3.05, 3.63) is 78.6 Å². The lowest BCUT2D eigenvalue weighted by molar-refractivity contribution is -0.106. The Balaban J connectivity index is 0.000000755. The number of Topliss-reactive ketones (excluding diaryl/α,β-unsaturated/α-hetero) is 1. The molecule has 0 saturated carbocycles. The first kappa shape index (κ1) is 19.9. The molecule has 1 amide bonds. The van der Waals surface area contributed by atoms with Crippen LogP contribution in [-0.2, 0) is 4.79 Å². The molecule has 0 saturated heterocycles. The molecule has 5 nitrogen and oxygen atoms in total. The van der Waals surface area contributed by atoms with Crippen LogP contribution in [0, 0.1) is 0 Å². The number of amides is 1. The number of ether oxygens (including phenoxy) is 1. The van der Waals surface area contributed by atoms with Crippen LogP contribution in [0.5, 0.6) is 5.75 Å². The first-order valence-electron chi connectivity index (χ1n) is 9.02. The van der Waals surface area contributed by atoms with Gasteiger partial charge in [0.05, 0.1) is 7.11 Å². The van der Waals surface area contributed by atoms with Gasteiger partial charge in [-0.05, 0) is 40.5 Å². The first-order valence-corrected chi connectivity index (χ1v) is 9.02. The number of rotatable bonds is 4. The molecule has 0 bridgehead atoms. The number of nitrogens with two attached hydrogens (primary N) is 1. The van der Waals surface area contributed by atoms with E-state index in [4.69, 9.17) is 13.9 Å². The number of hydrogen-bond donors (Lipinski definition) is 1. The molecule has 4 aromatic rings. The fraction of sp³-hybridized carbons (Fsp3) is 0.0833. The van der Waals surface area contributed by atoms with Gasteiger partial charge in [0.25, 0.3) is 0 Å². The first-order chi connectivity index (χ1) is 14.1. The molecule has 0 unspecified atom stereocenters. The Hall–Kier alpha value is -3.86. The standard InChI is InChI=1S/C23H18O3.CH3NO/c1-15(24)22-14-20-19(12-13-21(25-2)23(20)26-22)18-11-7-6-10-17(18)16-8-4-3-5-9-16;2-1-3/h3-14H,1-2H3;1H,(H2,2,3). The smallest absolute Gasteiger partial charge is 0.204 e. The monoisotopic (exact) mass is 387 g/mol. The molecule has 0 aliphatic carbocycles. The van der Waals surface area contributed by atoms with Crippen LogP contribution in [0.1, 0.15) is 17.5 Å². The summed E-state index contributed by atoms with van der Waals surface area (Å²) in [6.45, 7) is 1.50. The van der Waals surface area contributed by atoms with Crippen molar-refractivity contribution >= 4 is 23.2 Å². The number of methoxy groups -OCH3 is 1. The summed E-state index contributed by atoms with van der Waals surface area (Å²) in [5.74, 6) is 0.849. The highest BCUT2D eigenvalue weighted by Gasteiger charge is 2.18. The van der Waals surface area contributed by atoms with E-state index >= 15 is 0 Å². The maximum absolute atomic E-state index is 11.8. The van der Waals surface area contributed by atoms with E-state index in [9.17, 15) is 4.79 Å². The zero-order valence-electron chi connectivity index (χ0n) is 16.2. The molecular formula is C24H21NO4. The topological polar surface area (TPSA) is 82.5 Å². The molecule has 0 fully saturated rings. The molecule has 0 radical (unpaired) electrons. The van der Waals surface area contributed by atoms with E-state index in [0.717, 1.165) is 27.6 Å². The fourth-order valence-electron chi connectivity index (χ4n) is 3.26. The Bertz CT molecular complexity index is 1150. The van der Waals surface area contributed by atoms with E-state index in [1.165, 1.54) is 6.92 Å². The van der Waals surface area contributed by atoms with Gasteiger partial charge in [-0.25, -0.2) is 0 Å². The number of fused-ring (bicyclic) bond motifs is 1. The average molecular weight is 387 g/mol. The number of primary amides is 1. The lowest BCUT2D eigenvalue weighted by atomic mass is 9.92. The van der Waals surface area contributed by atoms with Gasteiger partial charge in [-0.2, -0.15) is 0 Å². The summed E-state index contributed by atoms with van der Waals surface area (Å²) >= 11 is 0. The second kappa shape index (κ2) is 8.89. The molecule has 1 aromatic heterocycles. The van der Waals surface area contributed by atoms with Gasteiger partial charge in [0.1, 0.15) is 0 Å². The molecule has 5 heteroatoms. The van der Waals surface area contributed by atoms with Gasteiger partial charge in [-0.15, -0.1) is 0 Å². The molecule has 29 heavy (non-hydrogen) atoms. The Morgan fingerprint density at radius 3 is 2.17 bits per heavy atom. The molecule has 0 aliphatic rings. The molecule has 0 aliphatic heterocycles. The van der Waals surface area contributed by atoms with Crippen molar-refractivity contribution in [3.8, 4) is 28.0 Å². The van der Waals surface area contributed by atoms with Gasteiger partial charge in [0, 0.05) is 12.3 Å². The highest BCUT2D eigenvalue weighted by molar-refractivity contribution is 6.04. The molecule has 3 aromatic carbocycles. The highest BCUT2D eigenvalue weighted by Crippen LogP contribution is 2.40. The number of carbonyl (C=O) groups excluding carboxylic acids is 2. The highest BCUT2D eigenvalue weighted by atomic mass is 16.5. The Labute approximate surface area is 168 Å². The maximum atomic E-state index is 11.8. The van der Waals surface area contributed by atoms with Crippen molar-refractivity contribution in [3.63, 3.8) is 0 Å². The van der Waals surface area contributed by atoms with E-state index in [0.29, 0.717) is 17.1 Å². The van der Waals surface area contributed by atoms with Crippen molar-refractivity contribution in [1.82, 2.24) is 0 Å². The van der Waals surface area contributed by atoms with Crippen molar-refractivity contribution in [2.45, 2.75) is 6.92 Å². The van der Waals surface area contributed by atoms with E-state index in [-0.39, 0.29) is 12.2 Å². The van der Waals surface area contributed by atoms with Gasteiger partial charge in [-0.1, -0.05) is 54.6 Å². The number of furan rings is 1. The summed E-state index contributed by atoms with van der Waals surface area (Å²) in [5.41, 5.74) is 9.13. The Morgan fingerprint density at radius 1 is 0.931 bits per heavy atom. The summed E-state index contributed by atoms with van der Waals surface area (Å²) < 4.78 is 11.2. The minimum Gasteiger partial charge on any atom is -0.493 e. The predicted octanol–water partition coefficient (Wildman–Crippen LogP) is 5.08. The van der Waals surface area contributed by atoms with Crippen LogP contribution in [0.3, 0.4) is 0 Å². The number of benzene rings is 3. The van der Waals surface area contributed by atoms with Gasteiger partial charge in [0.2, 0.25) is 6.41 Å². The van der Waals surface area contributed by atoms with Gasteiger partial charge in [0.15, 0.2) is 22.9 Å². The number of ketones is 1. The summed E-state index contributed by atoms with van der Waals surface area (Å²) in [6.07, 6.45) is 0.250. The van der Waals surface area contributed by atoms with Crippen LogP contribution in [-0.4, -0.2) is 19.3 Å². The number of hydrogen-bond acceptors (Lipinski definition) is 4. The third-order valence-electron chi connectivity index (χ3n) is 4.52. The normalized spacial score (nSPS) is 10.1. The molecule has 1 heterocycles. The third kappa shape index (κ3) is 4.04. The molecule has 0 spiro atoms. The zero-order chi connectivity index (χ0) is 20.8. The van der Waals surface area contributed by atoms with Crippen molar-refractivity contribution in [1.29, 1.82) is 0 Å². The van der Waals surface area contributed by atoms with Crippen LogP contribution in [0.4, 0.5) is 0 Å². The molecule has 146 valence electrons. The summed E-state index contributed by atoms with van der Waals surface area (Å²) in [6, 6.07) is 24.2. The minimum atomic E-state index is -0.106. The fourth-order valence-corrected chi connectivity index (χ4v) is 3.26. The second-order valence-electron chi connectivity index (χ2n) is 6.27. The lowest BCUT2D eigenvalue weighted by Crippen LogP contribution is -1.88. The SMILES string of the molecule is COc1ccc(-c2ccccc2-c2ccccc2)c2cc(C(C)=O)oc12.NC=O. The van der Waals surface area contributed by atoms with Gasteiger partial charge in [-0.3, -0.25) is 9.59 Å². The van der Waals surface area contributed by atoms with Crippen molar-refractivity contribution in [2.24, 2.45) is 5.73 Å². The maximum Gasteiger partial charge on any atom is 0.204 e. The third-order valence-corrected chi connectivity index (χ3v) is 4.52. The van der Waals surface area contributed by atoms with Crippen molar-refractivity contribution < 1.29 is 18.7 Å². The molecule has 0 atom stereocenters. The van der Waals surface area contributed by atoms with E-state index in [1.54, 1.807) is 13.2 Å². The Kier molecular flexibility index (Phi) is 6.09. The van der Waals surface area contributed by atoms with Crippen LogP contribution in [0.15, 0.2) is 77.2 Å². The predicted molar refractivity (Wildman–Crippen MR) is 114 cm³/mol. The van der Waals surface area contributed by atoms with Crippen molar-refractivity contribution in [2.75, 3.05) is 7.11 Å². The van der Waals surface area contributed by atoms with Crippen LogP contribution in [0.2, 0.25) is 0 Å². The van der Waals surface area contributed by atoms with Crippen LogP contribution in [0.25, 0.3) is 33.2 Å². The second-order valence-corrected chi connectivity index (χ2v) is 6.27. The summed E-state index contributed by atoms with van der Waals surface area (Å²) in [7, 11) is 1.60. The van der Waals surface area contributed by atoms with Gasteiger partial charge >= 0.3 is 0 Å². The average Bonchev–Trinajstić information content (AvgIpc) is 3.20. The molecule has 4 rings (SSSR count). The van der Waals surface area contributed by atoms with E-state index < -0.39 is 0 Å². The minimum absolute atomic E-state index is 0.106. The Morgan fingerprint density at radius 2 is 1.55 bits per heavy atom. The van der Waals surface area contributed by atoms with Crippen LogP contribution >= 0.6 is 0 Å². The number of carbonyl (C=O) groups is 2. The lowest BCUT2D eigenvalue weighted by Gasteiger charge is -2.12. The van der Waals surface area contributed by atoms with E-state index in [2.05, 4.69) is 30.0 Å².